The predicted molar refractivity (Wildman–Crippen MR) is 81.5 cm³/mol. The number of hydrogen-bond donors (Lipinski definition) is 2. The molecule has 2 aromatic rings. The van der Waals surface area contributed by atoms with Crippen molar-refractivity contribution in [1.82, 2.24) is 9.88 Å². The van der Waals surface area contributed by atoms with E-state index in [0.29, 0.717) is 11.3 Å². The molecule has 0 saturated carbocycles. The van der Waals surface area contributed by atoms with Gasteiger partial charge in [-0.05, 0) is 19.4 Å². The third-order valence-electron chi connectivity index (χ3n) is 2.83. The van der Waals surface area contributed by atoms with Crippen molar-refractivity contribution in [1.29, 1.82) is 0 Å². The number of hydrogen-bond acceptors (Lipinski definition) is 5. The summed E-state index contributed by atoms with van der Waals surface area (Å²) in [4.78, 5) is 11.9. The number of carbonyl (C=O) groups is 1. The Morgan fingerprint density at radius 2 is 2.00 bits per heavy atom. The van der Waals surface area contributed by atoms with E-state index in [9.17, 15) is 13.2 Å². The lowest BCUT2D eigenvalue weighted by Gasteiger charge is -2.13. The van der Waals surface area contributed by atoms with Gasteiger partial charge in [0.05, 0.1) is 11.8 Å². The van der Waals surface area contributed by atoms with Crippen LogP contribution in [0.1, 0.15) is 18.2 Å². The van der Waals surface area contributed by atoms with Gasteiger partial charge in [0.15, 0.2) is 5.82 Å². The predicted octanol–water partition coefficient (Wildman–Crippen LogP) is 1.43. The smallest absolute Gasteiger partial charge is 0.243 e. The maximum Gasteiger partial charge on any atom is 0.243 e. The molecule has 0 radical (unpaired) electrons. The Hall–Kier alpha value is -2.19. The fourth-order valence-electron chi connectivity index (χ4n) is 1.82. The Morgan fingerprint density at radius 1 is 1.32 bits per heavy atom. The van der Waals surface area contributed by atoms with Crippen LogP contribution in [-0.2, 0) is 20.6 Å². The number of aromatic nitrogens is 1. The van der Waals surface area contributed by atoms with Crippen molar-refractivity contribution in [3.63, 3.8) is 0 Å². The summed E-state index contributed by atoms with van der Waals surface area (Å²) in [5.74, 6) is 0.100. The van der Waals surface area contributed by atoms with Crippen LogP contribution < -0.4 is 10.0 Å². The van der Waals surface area contributed by atoms with Crippen molar-refractivity contribution < 1.29 is 17.7 Å². The van der Waals surface area contributed by atoms with E-state index >= 15 is 0 Å². The number of rotatable bonds is 6. The fourth-order valence-corrected chi connectivity index (χ4v) is 3.18. The van der Waals surface area contributed by atoms with Gasteiger partial charge in [0, 0.05) is 6.07 Å². The van der Waals surface area contributed by atoms with Gasteiger partial charge in [-0.1, -0.05) is 35.5 Å². The van der Waals surface area contributed by atoms with Crippen molar-refractivity contribution in [2.45, 2.75) is 25.6 Å². The van der Waals surface area contributed by atoms with Gasteiger partial charge in [0.25, 0.3) is 0 Å². The Bertz CT molecular complexity index is 740. The van der Waals surface area contributed by atoms with E-state index in [1.165, 1.54) is 6.92 Å². The van der Waals surface area contributed by atoms with E-state index in [1.54, 1.807) is 43.3 Å². The molecule has 1 aromatic carbocycles. The fraction of sp³-hybridized carbons (Fsp3) is 0.286. The van der Waals surface area contributed by atoms with Crippen LogP contribution in [0.3, 0.4) is 0 Å². The van der Waals surface area contributed by atoms with Crippen molar-refractivity contribution in [3.8, 4) is 0 Å². The Kier molecular flexibility index (Phi) is 4.94. The number of sulfonamides is 1. The zero-order valence-corrected chi connectivity index (χ0v) is 13.1. The number of anilines is 1. The normalized spacial score (nSPS) is 12.8. The Morgan fingerprint density at radius 3 is 2.59 bits per heavy atom. The van der Waals surface area contributed by atoms with Gasteiger partial charge in [-0.2, -0.15) is 0 Å². The summed E-state index contributed by atoms with van der Waals surface area (Å²) in [6, 6.07) is 9.36. The highest BCUT2D eigenvalue weighted by Gasteiger charge is 2.21. The van der Waals surface area contributed by atoms with Gasteiger partial charge < -0.3 is 9.84 Å². The van der Waals surface area contributed by atoms with E-state index in [2.05, 4.69) is 15.2 Å². The van der Waals surface area contributed by atoms with Gasteiger partial charge in [-0.15, -0.1) is 0 Å². The summed E-state index contributed by atoms with van der Waals surface area (Å²) in [5, 5.41) is 6.10. The van der Waals surface area contributed by atoms with Crippen LogP contribution >= 0.6 is 0 Å². The minimum absolute atomic E-state index is 0.186. The number of aryl methyl sites for hydroxylation is 1. The molecule has 0 unspecified atom stereocenters. The minimum atomic E-state index is -3.62. The molecule has 118 valence electrons. The van der Waals surface area contributed by atoms with Crippen molar-refractivity contribution >= 4 is 21.7 Å². The van der Waals surface area contributed by atoms with E-state index in [-0.39, 0.29) is 11.6 Å². The molecule has 7 nitrogen and oxygen atoms in total. The molecule has 0 fully saturated rings. The average Bonchev–Trinajstić information content (AvgIpc) is 2.84. The molecule has 0 saturated heterocycles. The molecule has 0 aliphatic rings. The first-order valence-corrected chi connectivity index (χ1v) is 8.29. The summed E-state index contributed by atoms with van der Waals surface area (Å²) in [6.07, 6.45) is 0. The lowest BCUT2D eigenvalue weighted by Crippen LogP contribution is -2.42. The molecular weight excluding hydrogens is 306 g/mol. The first kappa shape index (κ1) is 16.2. The zero-order valence-electron chi connectivity index (χ0n) is 12.2. The lowest BCUT2D eigenvalue weighted by molar-refractivity contribution is -0.117. The first-order valence-electron chi connectivity index (χ1n) is 6.64. The van der Waals surface area contributed by atoms with Crippen LogP contribution in [0.25, 0.3) is 0 Å². The van der Waals surface area contributed by atoms with Gasteiger partial charge in [-0.25, -0.2) is 13.1 Å². The topological polar surface area (TPSA) is 101 Å². The molecule has 0 spiro atoms. The standard InChI is InChI=1S/C14H17N3O4S/c1-10-8-13(16-21-10)15-14(18)11(2)17-22(19,20)9-12-6-4-3-5-7-12/h3-8,11,17H,9H2,1-2H3,(H,15,16,18)/t11-/m0/s1. The summed E-state index contributed by atoms with van der Waals surface area (Å²) in [5.41, 5.74) is 0.648. The van der Waals surface area contributed by atoms with E-state index < -0.39 is 22.0 Å². The first-order chi connectivity index (χ1) is 10.4. The monoisotopic (exact) mass is 323 g/mol. The Labute approximate surface area is 128 Å². The molecule has 1 heterocycles. The maximum atomic E-state index is 12.0. The Balaban J connectivity index is 1.95. The molecule has 0 aliphatic carbocycles. The third-order valence-corrected chi connectivity index (χ3v) is 4.25. The quantitative estimate of drug-likeness (QED) is 0.837. The summed E-state index contributed by atoms with van der Waals surface area (Å²) in [6.45, 7) is 3.15. The second-order valence-electron chi connectivity index (χ2n) is 4.90. The van der Waals surface area contributed by atoms with Crippen LogP contribution in [-0.4, -0.2) is 25.5 Å². The van der Waals surface area contributed by atoms with Crippen molar-refractivity contribution in [2.24, 2.45) is 0 Å². The SMILES string of the molecule is Cc1cc(NC(=O)[C@H](C)NS(=O)(=O)Cc2ccccc2)no1. The van der Waals surface area contributed by atoms with Gasteiger partial charge in [0.1, 0.15) is 5.76 Å². The molecule has 1 aromatic heterocycles. The number of nitrogens with one attached hydrogen (secondary N) is 2. The van der Waals surface area contributed by atoms with Crippen LogP contribution in [0, 0.1) is 6.92 Å². The summed E-state index contributed by atoms with van der Waals surface area (Å²) in [7, 11) is -3.62. The second kappa shape index (κ2) is 6.71. The maximum absolute atomic E-state index is 12.0. The molecule has 0 aliphatic heterocycles. The second-order valence-corrected chi connectivity index (χ2v) is 6.65. The van der Waals surface area contributed by atoms with Gasteiger partial charge >= 0.3 is 0 Å². The molecule has 8 heteroatoms. The molecule has 1 amide bonds. The van der Waals surface area contributed by atoms with Crippen LogP contribution in [0.4, 0.5) is 5.82 Å². The molecule has 1 atom stereocenters. The third kappa shape index (κ3) is 4.68. The molecule has 22 heavy (non-hydrogen) atoms. The van der Waals surface area contributed by atoms with Crippen molar-refractivity contribution in [2.75, 3.05) is 5.32 Å². The van der Waals surface area contributed by atoms with Crippen molar-refractivity contribution in [3.05, 3.63) is 47.7 Å². The molecule has 0 bridgehead atoms. The minimum Gasteiger partial charge on any atom is -0.360 e. The van der Waals surface area contributed by atoms with Crippen LogP contribution in [0.5, 0.6) is 0 Å². The number of amides is 1. The number of benzene rings is 1. The number of nitrogens with zero attached hydrogens (tertiary/aromatic N) is 1. The van der Waals surface area contributed by atoms with E-state index in [0.717, 1.165) is 0 Å². The van der Waals surface area contributed by atoms with E-state index in [1.807, 2.05) is 0 Å². The average molecular weight is 323 g/mol. The summed E-state index contributed by atoms with van der Waals surface area (Å²) < 4.78 is 31.2. The zero-order chi connectivity index (χ0) is 16.2. The highest BCUT2D eigenvalue weighted by molar-refractivity contribution is 7.88. The van der Waals surface area contributed by atoms with Crippen LogP contribution in [0.15, 0.2) is 40.9 Å². The molecular formula is C14H17N3O4S. The highest BCUT2D eigenvalue weighted by Crippen LogP contribution is 2.08. The summed E-state index contributed by atoms with van der Waals surface area (Å²) >= 11 is 0. The number of carbonyl (C=O) groups excluding carboxylic acids is 1. The highest BCUT2D eigenvalue weighted by atomic mass is 32.2. The van der Waals surface area contributed by atoms with E-state index in [4.69, 9.17) is 4.52 Å². The molecule has 2 N–H and O–H groups in total. The van der Waals surface area contributed by atoms with Crippen LogP contribution in [0.2, 0.25) is 0 Å². The van der Waals surface area contributed by atoms with Gasteiger partial charge in [0.2, 0.25) is 15.9 Å². The molecule has 2 rings (SSSR count). The lowest BCUT2D eigenvalue weighted by atomic mass is 10.2. The largest absolute Gasteiger partial charge is 0.360 e. The van der Waals surface area contributed by atoms with Gasteiger partial charge in [-0.3, -0.25) is 4.79 Å².